The minimum absolute atomic E-state index is 0.229. The summed E-state index contributed by atoms with van der Waals surface area (Å²) in [5, 5.41) is 3.65. The Morgan fingerprint density at radius 1 is 1.29 bits per heavy atom. The van der Waals surface area contributed by atoms with E-state index in [-0.39, 0.29) is 12.1 Å². The van der Waals surface area contributed by atoms with Gasteiger partial charge in [0.2, 0.25) is 0 Å². The van der Waals surface area contributed by atoms with Crippen LogP contribution in [0.2, 0.25) is 0 Å². The third kappa shape index (κ3) is 3.00. The highest BCUT2D eigenvalue weighted by molar-refractivity contribution is 5.32. The molecule has 0 saturated heterocycles. The number of ether oxygens (including phenoxy) is 2. The van der Waals surface area contributed by atoms with Gasteiger partial charge in [-0.25, -0.2) is 0 Å². The van der Waals surface area contributed by atoms with E-state index in [1.807, 2.05) is 30.5 Å². The number of pyridine rings is 1. The Balaban J connectivity index is 1.74. The second-order valence-electron chi connectivity index (χ2n) is 5.24. The SMILES string of the molecule is COc1ccc(C(C)NC2CCOc3cccnc32)cc1. The van der Waals surface area contributed by atoms with Crippen molar-refractivity contribution >= 4 is 0 Å². The van der Waals surface area contributed by atoms with Gasteiger partial charge in [-0.3, -0.25) is 4.98 Å². The summed E-state index contributed by atoms with van der Waals surface area (Å²) >= 11 is 0. The van der Waals surface area contributed by atoms with Crippen LogP contribution >= 0.6 is 0 Å². The molecule has 1 aliphatic rings. The normalized spacial score (nSPS) is 18.5. The lowest BCUT2D eigenvalue weighted by atomic mass is 10.0. The molecule has 3 rings (SSSR count). The summed E-state index contributed by atoms with van der Waals surface area (Å²) in [5.41, 5.74) is 2.24. The number of methoxy groups -OCH3 is 1. The van der Waals surface area contributed by atoms with Crippen molar-refractivity contribution in [2.24, 2.45) is 0 Å². The lowest BCUT2D eigenvalue weighted by Gasteiger charge is -2.28. The van der Waals surface area contributed by atoms with E-state index in [4.69, 9.17) is 9.47 Å². The van der Waals surface area contributed by atoms with Crippen LogP contribution in [-0.4, -0.2) is 18.7 Å². The van der Waals surface area contributed by atoms with Crippen LogP contribution in [-0.2, 0) is 0 Å². The molecule has 0 saturated carbocycles. The van der Waals surface area contributed by atoms with Gasteiger partial charge in [0.1, 0.15) is 11.5 Å². The van der Waals surface area contributed by atoms with Gasteiger partial charge < -0.3 is 14.8 Å². The summed E-state index contributed by atoms with van der Waals surface area (Å²) in [7, 11) is 1.68. The molecule has 1 aromatic carbocycles. The number of hydrogen-bond donors (Lipinski definition) is 1. The van der Waals surface area contributed by atoms with Crippen molar-refractivity contribution < 1.29 is 9.47 Å². The molecule has 2 aromatic rings. The summed E-state index contributed by atoms with van der Waals surface area (Å²) in [4.78, 5) is 4.47. The third-order valence-corrected chi connectivity index (χ3v) is 3.86. The molecule has 0 aliphatic carbocycles. The smallest absolute Gasteiger partial charge is 0.142 e. The molecule has 1 aliphatic heterocycles. The zero-order valence-electron chi connectivity index (χ0n) is 12.4. The molecule has 2 heterocycles. The van der Waals surface area contributed by atoms with Crippen LogP contribution in [0.1, 0.15) is 36.7 Å². The Morgan fingerprint density at radius 2 is 2.10 bits per heavy atom. The number of hydrogen-bond acceptors (Lipinski definition) is 4. The maximum absolute atomic E-state index is 5.65. The number of nitrogens with one attached hydrogen (secondary N) is 1. The number of aromatic nitrogens is 1. The van der Waals surface area contributed by atoms with E-state index in [1.165, 1.54) is 5.56 Å². The fraction of sp³-hybridized carbons (Fsp3) is 0.353. The van der Waals surface area contributed by atoms with Crippen LogP contribution in [0.4, 0.5) is 0 Å². The number of nitrogens with zero attached hydrogens (tertiary/aromatic N) is 1. The minimum atomic E-state index is 0.229. The molecule has 2 atom stereocenters. The molecular formula is C17H20N2O2. The first-order valence-corrected chi connectivity index (χ1v) is 7.25. The van der Waals surface area contributed by atoms with E-state index in [1.54, 1.807) is 7.11 Å². The Bertz CT molecular complexity index is 598. The average molecular weight is 284 g/mol. The minimum Gasteiger partial charge on any atom is -0.497 e. The topological polar surface area (TPSA) is 43.4 Å². The van der Waals surface area contributed by atoms with E-state index in [0.717, 1.165) is 30.2 Å². The van der Waals surface area contributed by atoms with Crippen molar-refractivity contribution in [3.8, 4) is 11.5 Å². The molecule has 0 fully saturated rings. The van der Waals surface area contributed by atoms with E-state index in [0.29, 0.717) is 0 Å². The van der Waals surface area contributed by atoms with E-state index in [9.17, 15) is 0 Å². The lowest BCUT2D eigenvalue weighted by molar-refractivity contribution is 0.241. The molecule has 2 unspecified atom stereocenters. The summed E-state index contributed by atoms with van der Waals surface area (Å²) in [6.07, 6.45) is 2.75. The molecule has 1 aromatic heterocycles. The van der Waals surface area contributed by atoms with Crippen molar-refractivity contribution in [1.82, 2.24) is 10.3 Å². The van der Waals surface area contributed by atoms with Crippen LogP contribution in [0.25, 0.3) is 0 Å². The number of rotatable bonds is 4. The van der Waals surface area contributed by atoms with Gasteiger partial charge in [0.25, 0.3) is 0 Å². The second kappa shape index (κ2) is 6.14. The van der Waals surface area contributed by atoms with Gasteiger partial charge in [0, 0.05) is 18.7 Å². The largest absolute Gasteiger partial charge is 0.497 e. The maximum atomic E-state index is 5.65. The quantitative estimate of drug-likeness (QED) is 0.936. The van der Waals surface area contributed by atoms with Crippen LogP contribution < -0.4 is 14.8 Å². The van der Waals surface area contributed by atoms with E-state index in [2.05, 4.69) is 29.4 Å². The number of fused-ring (bicyclic) bond motifs is 1. The van der Waals surface area contributed by atoms with Crippen LogP contribution in [0.3, 0.4) is 0 Å². The first-order chi connectivity index (χ1) is 10.3. The van der Waals surface area contributed by atoms with Gasteiger partial charge in [-0.05, 0) is 36.8 Å². The van der Waals surface area contributed by atoms with Crippen molar-refractivity contribution in [2.75, 3.05) is 13.7 Å². The number of benzene rings is 1. The Morgan fingerprint density at radius 3 is 2.86 bits per heavy atom. The van der Waals surface area contributed by atoms with Gasteiger partial charge in [0.05, 0.1) is 25.5 Å². The van der Waals surface area contributed by atoms with E-state index < -0.39 is 0 Å². The zero-order chi connectivity index (χ0) is 14.7. The first kappa shape index (κ1) is 13.9. The maximum Gasteiger partial charge on any atom is 0.142 e. The molecule has 21 heavy (non-hydrogen) atoms. The fourth-order valence-corrected chi connectivity index (χ4v) is 2.66. The van der Waals surface area contributed by atoms with Crippen molar-refractivity contribution in [2.45, 2.75) is 25.4 Å². The van der Waals surface area contributed by atoms with Gasteiger partial charge >= 0.3 is 0 Å². The standard InChI is InChI=1S/C17H20N2O2/c1-12(13-5-7-14(20-2)8-6-13)19-15-9-11-21-16-4-3-10-18-17(15)16/h3-8,10,12,15,19H,9,11H2,1-2H3. The van der Waals surface area contributed by atoms with Crippen molar-refractivity contribution in [1.29, 1.82) is 0 Å². The molecule has 4 heteroatoms. The highest BCUT2D eigenvalue weighted by atomic mass is 16.5. The van der Waals surface area contributed by atoms with E-state index >= 15 is 0 Å². The average Bonchev–Trinajstić information content (AvgIpc) is 2.55. The summed E-state index contributed by atoms with van der Waals surface area (Å²) < 4.78 is 10.9. The molecule has 1 N–H and O–H groups in total. The highest BCUT2D eigenvalue weighted by Crippen LogP contribution is 2.31. The predicted molar refractivity (Wildman–Crippen MR) is 81.6 cm³/mol. The fourth-order valence-electron chi connectivity index (χ4n) is 2.66. The van der Waals surface area contributed by atoms with Gasteiger partial charge in [-0.15, -0.1) is 0 Å². The zero-order valence-corrected chi connectivity index (χ0v) is 12.4. The summed E-state index contributed by atoms with van der Waals surface area (Å²) in [6, 6.07) is 12.5. The summed E-state index contributed by atoms with van der Waals surface area (Å²) in [6.45, 7) is 2.89. The predicted octanol–water partition coefficient (Wildman–Crippen LogP) is 3.26. The molecule has 0 radical (unpaired) electrons. The molecular weight excluding hydrogens is 264 g/mol. The van der Waals surface area contributed by atoms with Crippen LogP contribution in [0, 0.1) is 0 Å². The molecule has 4 nitrogen and oxygen atoms in total. The molecule has 110 valence electrons. The van der Waals surface area contributed by atoms with Gasteiger partial charge in [0.15, 0.2) is 0 Å². The second-order valence-corrected chi connectivity index (χ2v) is 5.24. The molecule has 0 bridgehead atoms. The van der Waals surface area contributed by atoms with Crippen LogP contribution in [0.15, 0.2) is 42.6 Å². The molecule has 0 amide bonds. The monoisotopic (exact) mass is 284 g/mol. The Labute approximate surface area is 125 Å². The van der Waals surface area contributed by atoms with Gasteiger partial charge in [-0.1, -0.05) is 12.1 Å². The van der Waals surface area contributed by atoms with Crippen LogP contribution in [0.5, 0.6) is 11.5 Å². The van der Waals surface area contributed by atoms with Crippen molar-refractivity contribution in [3.05, 3.63) is 53.9 Å². The highest BCUT2D eigenvalue weighted by Gasteiger charge is 2.24. The summed E-state index contributed by atoms with van der Waals surface area (Å²) in [5.74, 6) is 1.77. The Kier molecular flexibility index (Phi) is 4.06. The lowest BCUT2D eigenvalue weighted by Crippen LogP contribution is -2.30. The van der Waals surface area contributed by atoms with Gasteiger partial charge in [-0.2, -0.15) is 0 Å². The third-order valence-electron chi connectivity index (χ3n) is 3.86. The first-order valence-electron chi connectivity index (χ1n) is 7.25. The van der Waals surface area contributed by atoms with Crippen molar-refractivity contribution in [3.63, 3.8) is 0 Å². The Hall–Kier alpha value is -2.07. The molecule has 0 spiro atoms.